The van der Waals surface area contributed by atoms with Crippen molar-refractivity contribution in [3.05, 3.63) is 90.3 Å². The van der Waals surface area contributed by atoms with Gasteiger partial charge >= 0.3 is 0 Å². The fraction of sp³-hybridized carbons (Fsp3) is 0.182. The Hall–Kier alpha value is -3.19. The monoisotopic (exact) mass is 409 g/mol. The molecule has 1 heterocycles. The highest BCUT2D eigenvalue weighted by Crippen LogP contribution is 2.24. The number of rotatable bonds is 8. The van der Waals surface area contributed by atoms with Crippen LogP contribution < -0.4 is 9.62 Å². The summed E-state index contributed by atoms with van der Waals surface area (Å²) in [5.74, 6) is -0.228. The Bertz CT molecular complexity index is 1040. The summed E-state index contributed by atoms with van der Waals surface area (Å²) in [6.07, 6.45) is 3.39. The lowest BCUT2D eigenvalue weighted by Gasteiger charge is -2.24. The van der Waals surface area contributed by atoms with Crippen LogP contribution in [0.5, 0.6) is 0 Å². The number of nitrogens with zero attached hydrogens (tertiary/aromatic N) is 2. The van der Waals surface area contributed by atoms with Crippen LogP contribution in [0.4, 0.5) is 5.69 Å². The summed E-state index contributed by atoms with van der Waals surface area (Å²) >= 11 is 0. The van der Waals surface area contributed by atoms with Crippen molar-refractivity contribution in [3.8, 4) is 0 Å². The van der Waals surface area contributed by atoms with Gasteiger partial charge in [0, 0.05) is 31.9 Å². The lowest BCUT2D eigenvalue weighted by Crippen LogP contribution is -2.35. The fourth-order valence-corrected chi connectivity index (χ4v) is 4.28. The van der Waals surface area contributed by atoms with Crippen LogP contribution in [0.3, 0.4) is 0 Å². The number of anilines is 1. The van der Waals surface area contributed by atoms with E-state index in [4.69, 9.17) is 0 Å². The van der Waals surface area contributed by atoms with Crippen LogP contribution in [0.25, 0.3) is 0 Å². The van der Waals surface area contributed by atoms with Gasteiger partial charge in [-0.25, -0.2) is 8.42 Å². The highest BCUT2D eigenvalue weighted by Gasteiger charge is 2.25. The van der Waals surface area contributed by atoms with E-state index in [1.807, 2.05) is 19.1 Å². The highest BCUT2D eigenvalue weighted by atomic mass is 32.2. The van der Waals surface area contributed by atoms with Crippen LogP contribution >= 0.6 is 0 Å². The summed E-state index contributed by atoms with van der Waals surface area (Å²) in [7, 11) is -3.79. The van der Waals surface area contributed by atoms with E-state index in [-0.39, 0.29) is 23.8 Å². The van der Waals surface area contributed by atoms with Gasteiger partial charge in [-0.1, -0.05) is 42.0 Å². The summed E-state index contributed by atoms with van der Waals surface area (Å²) in [6.45, 7) is 2.29. The van der Waals surface area contributed by atoms with E-state index in [1.165, 1.54) is 4.31 Å². The Labute approximate surface area is 171 Å². The van der Waals surface area contributed by atoms with Gasteiger partial charge in [0.25, 0.3) is 10.0 Å². The molecule has 7 heteroatoms. The third-order valence-corrected chi connectivity index (χ3v) is 6.25. The first-order chi connectivity index (χ1) is 14.0. The molecular formula is C22H23N3O3S. The van der Waals surface area contributed by atoms with E-state index >= 15 is 0 Å². The van der Waals surface area contributed by atoms with Gasteiger partial charge in [0.15, 0.2) is 0 Å². The number of hydrogen-bond donors (Lipinski definition) is 1. The number of sulfonamides is 1. The van der Waals surface area contributed by atoms with E-state index in [2.05, 4.69) is 10.3 Å². The van der Waals surface area contributed by atoms with Crippen molar-refractivity contribution >= 4 is 21.6 Å². The van der Waals surface area contributed by atoms with Crippen molar-refractivity contribution in [2.45, 2.75) is 24.8 Å². The van der Waals surface area contributed by atoms with Gasteiger partial charge < -0.3 is 5.32 Å². The van der Waals surface area contributed by atoms with Crippen LogP contribution in [-0.2, 0) is 21.4 Å². The van der Waals surface area contributed by atoms with E-state index in [0.717, 1.165) is 11.1 Å². The third-order valence-electron chi connectivity index (χ3n) is 4.41. The number of para-hydroxylation sites is 1. The number of nitrogens with one attached hydrogen (secondary N) is 1. The number of carbonyl (C=O) groups is 1. The van der Waals surface area contributed by atoms with Gasteiger partial charge in [-0.2, -0.15) is 0 Å². The first-order valence-corrected chi connectivity index (χ1v) is 10.7. The summed E-state index contributed by atoms with van der Waals surface area (Å²) in [6, 6.07) is 19.2. The van der Waals surface area contributed by atoms with Crippen molar-refractivity contribution in [2.24, 2.45) is 0 Å². The lowest BCUT2D eigenvalue weighted by atomic mass is 10.2. The average molecular weight is 410 g/mol. The van der Waals surface area contributed by atoms with Crippen molar-refractivity contribution in [2.75, 3.05) is 10.8 Å². The molecule has 1 N–H and O–H groups in total. The van der Waals surface area contributed by atoms with Crippen molar-refractivity contribution < 1.29 is 13.2 Å². The number of aromatic nitrogens is 1. The maximum absolute atomic E-state index is 13.2. The Morgan fingerprint density at radius 1 is 1.00 bits per heavy atom. The molecule has 0 bridgehead atoms. The molecule has 1 amide bonds. The van der Waals surface area contributed by atoms with Crippen LogP contribution in [0.1, 0.15) is 17.5 Å². The topological polar surface area (TPSA) is 79.4 Å². The maximum atomic E-state index is 13.2. The summed E-state index contributed by atoms with van der Waals surface area (Å²) in [4.78, 5) is 16.5. The van der Waals surface area contributed by atoms with E-state index in [1.54, 1.807) is 67.0 Å². The summed E-state index contributed by atoms with van der Waals surface area (Å²) in [5, 5.41) is 2.80. The van der Waals surface area contributed by atoms with Crippen LogP contribution in [0.15, 0.2) is 84.0 Å². The molecule has 0 saturated carbocycles. The molecule has 0 aliphatic heterocycles. The molecule has 150 valence electrons. The Morgan fingerprint density at radius 3 is 2.38 bits per heavy atom. The fourth-order valence-electron chi connectivity index (χ4n) is 2.81. The maximum Gasteiger partial charge on any atom is 0.264 e. The first-order valence-electron chi connectivity index (χ1n) is 9.27. The van der Waals surface area contributed by atoms with E-state index < -0.39 is 10.0 Å². The Morgan fingerprint density at radius 2 is 1.72 bits per heavy atom. The molecule has 0 aliphatic rings. The number of aryl methyl sites for hydroxylation is 1. The molecule has 6 nitrogen and oxygen atoms in total. The molecule has 0 unspecified atom stereocenters. The van der Waals surface area contributed by atoms with Gasteiger partial charge in [0.1, 0.15) is 0 Å². The number of hydrogen-bond acceptors (Lipinski definition) is 4. The van der Waals surface area contributed by atoms with Gasteiger partial charge in [0.2, 0.25) is 5.91 Å². The Balaban J connectivity index is 1.74. The Kier molecular flexibility index (Phi) is 6.61. The second kappa shape index (κ2) is 9.34. The van der Waals surface area contributed by atoms with Gasteiger partial charge in [-0.3, -0.25) is 14.1 Å². The molecule has 0 saturated heterocycles. The molecule has 0 aliphatic carbocycles. The van der Waals surface area contributed by atoms with Gasteiger partial charge in [0.05, 0.1) is 10.6 Å². The number of carbonyl (C=O) groups excluding carboxylic acids is 1. The predicted molar refractivity (Wildman–Crippen MR) is 113 cm³/mol. The minimum atomic E-state index is -3.79. The molecule has 3 aromatic rings. The summed E-state index contributed by atoms with van der Waals surface area (Å²) in [5.41, 5.74) is 2.38. The average Bonchev–Trinajstić information content (AvgIpc) is 2.74. The zero-order valence-corrected chi connectivity index (χ0v) is 17.0. The minimum Gasteiger partial charge on any atom is -0.352 e. The van der Waals surface area contributed by atoms with Crippen LogP contribution in [0, 0.1) is 6.92 Å². The molecule has 0 spiro atoms. The normalized spacial score (nSPS) is 11.1. The zero-order valence-electron chi connectivity index (χ0n) is 16.2. The third kappa shape index (κ3) is 5.42. The van der Waals surface area contributed by atoms with Gasteiger partial charge in [-0.05, 0) is 42.8 Å². The van der Waals surface area contributed by atoms with Gasteiger partial charge in [-0.15, -0.1) is 0 Å². The molecule has 3 rings (SSSR count). The standard InChI is InChI=1S/C22H23N3O3S/c1-18-9-11-21(12-10-18)29(27,28)25(20-7-3-2-4-8-20)15-13-22(26)24-17-19-6-5-14-23-16-19/h2-12,14,16H,13,15,17H2,1H3,(H,24,26). The molecule has 1 aromatic heterocycles. The number of pyridine rings is 1. The second-order valence-electron chi connectivity index (χ2n) is 6.61. The largest absolute Gasteiger partial charge is 0.352 e. The van der Waals surface area contributed by atoms with Crippen molar-refractivity contribution in [1.29, 1.82) is 0 Å². The van der Waals surface area contributed by atoms with Crippen molar-refractivity contribution in [1.82, 2.24) is 10.3 Å². The first kappa shape index (κ1) is 20.5. The molecule has 0 radical (unpaired) electrons. The second-order valence-corrected chi connectivity index (χ2v) is 8.48. The van der Waals surface area contributed by atoms with Crippen molar-refractivity contribution in [3.63, 3.8) is 0 Å². The molecule has 29 heavy (non-hydrogen) atoms. The quantitative estimate of drug-likeness (QED) is 0.619. The number of benzene rings is 2. The number of amides is 1. The molecule has 0 fully saturated rings. The van der Waals surface area contributed by atoms with E-state index in [0.29, 0.717) is 12.2 Å². The smallest absolute Gasteiger partial charge is 0.264 e. The summed E-state index contributed by atoms with van der Waals surface area (Å²) < 4.78 is 27.7. The molecule has 0 atom stereocenters. The minimum absolute atomic E-state index is 0.0408. The van der Waals surface area contributed by atoms with Crippen LogP contribution in [-0.4, -0.2) is 25.9 Å². The zero-order chi connectivity index (χ0) is 20.7. The van der Waals surface area contributed by atoms with Crippen LogP contribution in [0.2, 0.25) is 0 Å². The van der Waals surface area contributed by atoms with E-state index in [9.17, 15) is 13.2 Å². The lowest BCUT2D eigenvalue weighted by molar-refractivity contribution is -0.121. The SMILES string of the molecule is Cc1ccc(S(=O)(=O)N(CCC(=O)NCc2cccnc2)c2ccccc2)cc1. The molecular weight excluding hydrogens is 386 g/mol. The molecule has 2 aromatic carbocycles. The highest BCUT2D eigenvalue weighted by molar-refractivity contribution is 7.92. The predicted octanol–water partition coefficient (Wildman–Crippen LogP) is 3.29.